The number of hydrogen-bond donors (Lipinski definition) is 1. The van der Waals surface area contributed by atoms with Gasteiger partial charge in [0, 0.05) is 29.7 Å². The van der Waals surface area contributed by atoms with Gasteiger partial charge in [-0.1, -0.05) is 13.8 Å². The molecule has 1 heterocycles. The highest BCUT2D eigenvalue weighted by molar-refractivity contribution is 8.00. The Balaban J connectivity index is 2.42. The van der Waals surface area contributed by atoms with Crippen molar-refractivity contribution >= 4 is 33.4 Å². The van der Waals surface area contributed by atoms with Crippen LogP contribution in [0.15, 0.2) is 28.0 Å². The average Bonchev–Trinajstić information content (AvgIpc) is 2.45. The van der Waals surface area contributed by atoms with Crippen LogP contribution in [0, 0.1) is 0 Å². The van der Waals surface area contributed by atoms with Gasteiger partial charge < -0.3 is 4.90 Å². The largest absolute Gasteiger partial charge is 0.310 e. The van der Waals surface area contributed by atoms with Crippen molar-refractivity contribution in [2.75, 3.05) is 11.4 Å². The molecule has 1 aliphatic rings. The van der Waals surface area contributed by atoms with Gasteiger partial charge in [0.15, 0.2) is 0 Å². The summed E-state index contributed by atoms with van der Waals surface area (Å²) < 4.78 is 27.5. The molecule has 1 aromatic rings. The molecule has 1 aromatic carbocycles. The van der Waals surface area contributed by atoms with E-state index < -0.39 is 10.0 Å². The van der Waals surface area contributed by atoms with Crippen molar-refractivity contribution in [2.45, 2.75) is 55.2 Å². The van der Waals surface area contributed by atoms with Crippen LogP contribution < -0.4 is 9.62 Å². The number of benzene rings is 1. The summed E-state index contributed by atoms with van der Waals surface area (Å²) in [5.41, 5.74) is 0.683. The first-order chi connectivity index (χ1) is 10.2. The Morgan fingerprint density at radius 1 is 1.50 bits per heavy atom. The molecule has 0 spiro atoms. The molecule has 7 heteroatoms. The Bertz CT molecular complexity index is 673. The van der Waals surface area contributed by atoms with Crippen molar-refractivity contribution in [3.63, 3.8) is 0 Å². The fourth-order valence-electron chi connectivity index (χ4n) is 2.30. The standard InChI is InChI=1S/C15H22N2O3S2/c1-5-10(2)16-22(19,20)13-6-7-15-14(8-13)17(12(4)18)9-11(3)21-15/h6-8,10-11,16H,5,9H2,1-4H3/t10-,11-/m0/s1. The van der Waals surface area contributed by atoms with Gasteiger partial charge in [0.25, 0.3) is 0 Å². The van der Waals surface area contributed by atoms with E-state index in [1.807, 2.05) is 13.8 Å². The van der Waals surface area contributed by atoms with E-state index >= 15 is 0 Å². The van der Waals surface area contributed by atoms with Gasteiger partial charge in [-0.3, -0.25) is 4.79 Å². The molecular weight excluding hydrogens is 320 g/mol. The highest BCUT2D eigenvalue weighted by atomic mass is 32.2. The van der Waals surface area contributed by atoms with Crippen molar-refractivity contribution in [2.24, 2.45) is 0 Å². The van der Waals surface area contributed by atoms with Crippen LogP contribution in [-0.4, -0.2) is 32.2 Å². The number of thioether (sulfide) groups is 1. The number of amides is 1. The first-order valence-corrected chi connectivity index (χ1v) is 9.72. The summed E-state index contributed by atoms with van der Waals surface area (Å²) in [6.07, 6.45) is 0.719. The summed E-state index contributed by atoms with van der Waals surface area (Å²) in [7, 11) is -3.56. The number of anilines is 1. The number of nitrogens with zero attached hydrogens (tertiary/aromatic N) is 1. The van der Waals surface area contributed by atoms with E-state index in [9.17, 15) is 13.2 Å². The lowest BCUT2D eigenvalue weighted by atomic mass is 10.2. The van der Waals surface area contributed by atoms with Crippen molar-refractivity contribution in [1.29, 1.82) is 0 Å². The van der Waals surface area contributed by atoms with Crippen LogP contribution in [0.3, 0.4) is 0 Å². The molecule has 2 atom stereocenters. The molecule has 0 bridgehead atoms. The molecule has 2 rings (SSSR count). The summed E-state index contributed by atoms with van der Waals surface area (Å²) in [6.45, 7) is 7.91. The van der Waals surface area contributed by atoms with Gasteiger partial charge in [-0.2, -0.15) is 0 Å². The van der Waals surface area contributed by atoms with Gasteiger partial charge in [-0.15, -0.1) is 11.8 Å². The van der Waals surface area contributed by atoms with Crippen LogP contribution in [0.1, 0.15) is 34.1 Å². The molecule has 0 saturated carbocycles. The van der Waals surface area contributed by atoms with Crippen molar-refractivity contribution in [1.82, 2.24) is 4.72 Å². The molecule has 0 fully saturated rings. The number of hydrogen-bond acceptors (Lipinski definition) is 4. The fourth-order valence-corrected chi connectivity index (χ4v) is 4.74. The van der Waals surface area contributed by atoms with E-state index in [4.69, 9.17) is 0 Å². The molecule has 5 nitrogen and oxygen atoms in total. The molecular formula is C15H22N2O3S2. The van der Waals surface area contributed by atoms with Gasteiger partial charge in [0.1, 0.15) is 0 Å². The monoisotopic (exact) mass is 342 g/mol. The van der Waals surface area contributed by atoms with Crippen molar-refractivity contribution in [3.8, 4) is 0 Å². The Morgan fingerprint density at radius 3 is 2.77 bits per heavy atom. The first kappa shape index (κ1) is 17.3. The third kappa shape index (κ3) is 3.64. The molecule has 0 radical (unpaired) electrons. The van der Waals surface area contributed by atoms with Gasteiger partial charge in [-0.25, -0.2) is 13.1 Å². The zero-order valence-electron chi connectivity index (χ0n) is 13.3. The molecule has 0 aliphatic carbocycles. The third-order valence-corrected chi connectivity index (χ3v) is 6.39. The summed E-state index contributed by atoms with van der Waals surface area (Å²) in [4.78, 5) is 14.6. The minimum absolute atomic E-state index is 0.0715. The molecule has 22 heavy (non-hydrogen) atoms. The van der Waals surface area contributed by atoms with Gasteiger partial charge >= 0.3 is 0 Å². The molecule has 1 amide bonds. The zero-order valence-corrected chi connectivity index (χ0v) is 14.9. The number of sulfonamides is 1. The summed E-state index contributed by atoms with van der Waals surface area (Å²) in [5, 5.41) is 0.289. The second kappa shape index (κ2) is 6.60. The van der Waals surface area contributed by atoms with E-state index in [2.05, 4.69) is 11.6 Å². The number of fused-ring (bicyclic) bond motifs is 1. The summed E-state index contributed by atoms with van der Waals surface area (Å²) in [6, 6.07) is 4.86. The number of nitrogens with one attached hydrogen (secondary N) is 1. The van der Waals surface area contributed by atoms with Crippen LogP contribution in [0.5, 0.6) is 0 Å². The second-order valence-electron chi connectivity index (χ2n) is 5.62. The zero-order chi connectivity index (χ0) is 16.5. The van der Waals surface area contributed by atoms with Gasteiger partial charge in [-0.05, 0) is 31.5 Å². The summed E-state index contributed by atoms with van der Waals surface area (Å²) in [5.74, 6) is -0.0715. The molecule has 1 N–H and O–H groups in total. The second-order valence-corrected chi connectivity index (χ2v) is 8.81. The van der Waals surface area contributed by atoms with E-state index in [-0.39, 0.29) is 22.1 Å². The minimum atomic E-state index is -3.56. The molecule has 0 unspecified atom stereocenters. The Hall–Kier alpha value is -1.05. The van der Waals surface area contributed by atoms with Crippen molar-refractivity contribution < 1.29 is 13.2 Å². The molecule has 0 aromatic heterocycles. The lowest BCUT2D eigenvalue weighted by Gasteiger charge is -2.32. The van der Waals surface area contributed by atoms with E-state index in [0.29, 0.717) is 12.2 Å². The van der Waals surface area contributed by atoms with Gasteiger partial charge in [0.05, 0.1) is 10.6 Å². The highest BCUT2D eigenvalue weighted by Crippen LogP contribution is 2.39. The lowest BCUT2D eigenvalue weighted by molar-refractivity contribution is -0.116. The number of rotatable bonds is 4. The van der Waals surface area contributed by atoms with E-state index in [0.717, 1.165) is 11.3 Å². The molecule has 122 valence electrons. The Morgan fingerprint density at radius 2 is 2.18 bits per heavy atom. The molecule has 0 saturated heterocycles. The van der Waals surface area contributed by atoms with Crippen LogP contribution in [0.4, 0.5) is 5.69 Å². The maximum absolute atomic E-state index is 12.4. The normalized spacial score (nSPS) is 19.6. The smallest absolute Gasteiger partial charge is 0.240 e. The average molecular weight is 342 g/mol. The molecule has 1 aliphatic heterocycles. The predicted molar refractivity (Wildman–Crippen MR) is 89.9 cm³/mol. The third-order valence-electron chi connectivity index (χ3n) is 3.65. The summed E-state index contributed by atoms with van der Waals surface area (Å²) >= 11 is 1.66. The lowest BCUT2D eigenvalue weighted by Crippen LogP contribution is -2.37. The number of carbonyl (C=O) groups excluding carboxylic acids is 1. The van der Waals surface area contributed by atoms with Crippen LogP contribution in [0.2, 0.25) is 0 Å². The fraction of sp³-hybridized carbons (Fsp3) is 0.533. The van der Waals surface area contributed by atoms with Crippen LogP contribution >= 0.6 is 11.8 Å². The predicted octanol–water partition coefficient (Wildman–Crippen LogP) is 2.61. The van der Waals surface area contributed by atoms with Crippen LogP contribution in [-0.2, 0) is 14.8 Å². The maximum Gasteiger partial charge on any atom is 0.240 e. The van der Waals surface area contributed by atoms with E-state index in [1.54, 1.807) is 34.9 Å². The van der Waals surface area contributed by atoms with Crippen molar-refractivity contribution in [3.05, 3.63) is 18.2 Å². The minimum Gasteiger partial charge on any atom is -0.310 e. The van der Waals surface area contributed by atoms with Crippen LogP contribution in [0.25, 0.3) is 0 Å². The quantitative estimate of drug-likeness (QED) is 0.913. The Labute approximate surface area is 136 Å². The Kier molecular flexibility index (Phi) is 5.19. The van der Waals surface area contributed by atoms with Gasteiger partial charge in [0.2, 0.25) is 15.9 Å². The van der Waals surface area contributed by atoms with E-state index in [1.165, 1.54) is 6.92 Å². The highest BCUT2D eigenvalue weighted by Gasteiger charge is 2.27. The number of carbonyl (C=O) groups is 1. The topological polar surface area (TPSA) is 66.5 Å². The first-order valence-electron chi connectivity index (χ1n) is 7.35. The maximum atomic E-state index is 12.4. The SMILES string of the molecule is CC[C@H](C)NS(=O)(=O)c1ccc2c(c1)N(C(C)=O)C[C@H](C)S2.